The predicted molar refractivity (Wildman–Crippen MR) is 119 cm³/mol. The SMILES string of the molecule is CN=C(NCc1cccnc1OC1CCCC1)N1CC(C)C(C(=O)OC)C1.I. The van der Waals surface area contributed by atoms with Crippen molar-refractivity contribution in [2.45, 2.75) is 45.3 Å². The lowest BCUT2D eigenvalue weighted by Crippen LogP contribution is -2.40. The number of aromatic nitrogens is 1. The van der Waals surface area contributed by atoms with E-state index in [4.69, 9.17) is 9.47 Å². The molecule has 28 heavy (non-hydrogen) atoms. The van der Waals surface area contributed by atoms with E-state index in [-0.39, 0.29) is 47.9 Å². The third kappa shape index (κ3) is 5.48. The van der Waals surface area contributed by atoms with Crippen molar-refractivity contribution in [3.8, 4) is 5.88 Å². The zero-order valence-corrected chi connectivity index (χ0v) is 19.2. The molecule has 156 valence electrons. The second-order valence-electron chi connectivity index (χ2n) is 7.40. The second-order valence-corrected chi connectivity index (χ2v) is 7.40. The Kier molecular flexibility index (Phi) is 8.78. The number of hydrogen-bond acceptors (Lipinski definition) is 5. The number of carbonyl (C=O) groups excluding carboxylic acids is 1. The number of rotatable bonds is 5. The van der Waals surface area contributed by atoms with E-state index in [0.717, 1.165) is 30.9 Å². The number of halogens is 1. The maximum Gasteiger partial charge on any atom is 0.310 e. The Morgan fingerprint density at radius 1 is 1.36 bits per heavy atom. The van der Waals surface area contributed by atoms with Crippen LogP contribution in [0.4, 0.5) is 0 Å². The molecular weight excluding hydrogens is 471 g/mol. The van der Waals surface area contributed by atoms with Gasteiger partial charge in [-0.1, -0.05) is 13.0 Å². The van der Waals surface area contributed by atoms with Crippen LogP contribution in [0.15, 0.2) is 23.3 Å². The number of aliphatic imine (C=N–C) groups is 1. The average Bonchev–Trinajstić information content (AvgIpc) is 3.32. The first kappa shape index (κ1) is 22.7. The Balaban J connectivity index is 0.00000280. The monoisotopic (exact) mass is 502 g/mol. The van der Waals surface area contributed by atoms with Crippen LogP contribution in [0.25, 0.3) is 0 Å². The van der Waals surface area contributed by atoms with E-state index in [0.29, 0.717) is 19.0 Å². The van der Waals surface area contributed by atoms with Crippen molar-refractivity contribution in [3.63, 3.8) is 0 Å². The molecule has 0 spiro atoms. The fraction of sp³-hybridized carbons (Fsp3) is 0.650. The zero-order chi connectivity index (χ0) is 19.2. The molecule has 8 heteroatoms. The van der Waals surface area contributed by atoms with Crippen LogP contribution in [0.1, 0.15) is 38.2 Å². The van der Waals surface area contributed by atoms with Gasteiger partial charge in [-0.25, -0.2) is 4.98 Å². The Morgan fingerprint density at radius 3 is 2.79 bits per heavy atom. The van der Waals surface area contributed by atoms with Gasteiger partial charge in [0.1, 0.15) is 6.10 Å². The van der Waals surface area contributed by atoms with Crippen molar-refractivity contribution in [1.29, 1.82) is 0 Å². The van der Waals surface area contributed by atoms with Crippen LogP contribution < -0.4 is 10.1 Å². The largest absolute Gasteiger partial charge is 0.474 e. The molecule has 7 nitrogen and oxygen atoms in total. The van der Waals surface area contributed by atoms with Crippen LogP contribution >= 0.6 is 24.0 Å². The number of likely N-dealkylation sites (tertiary alicyclic amines) is 1. The molecule has 2 fully saturated rings. The highest BCUT2D eigenvalue weighted by molar-refractivity contribution is 14.0. The quantitative estimate of drug-likeness (QED) is 0.289. The molecule has 0 radical (unpaired) electrons. The summed E-state index contributed by atoms with van der Waals surface area (Å²) >= 11 is 0. The maximum atomic E-state index is 11.9. The Morgan fingerprint density at radius 2 is 2.11 bits per heavy atom. The standard InChI is InChI=1S/C20H30N4O3.HI/c1-14-12-24(13-17(14)19(25)26-3)20(21-2)23-11-15-7-6-10-22-18(15)27-16-8-4-5-9-16;/h6-7,10,14,16-17H,4-5,8-9,11-13H2,1-3H3,(H,21,23);1H. The molecule has 0 amide bonds. The number of methoxy groups -OCH3 is 1. The van der Waals surface area contributed by atoms with Crippen LogP contribution in [-0.2, 0) is 16.1 Å². The molecule has 0 bridgehead atoms. The van der Waals surface area contributed by atoms with E-state index in [2.05, 4.69) is 27.1 Å². The lowest BCUT2D eigenvalue weighted by Gasteiger charge is -2.22. The molecule has 1 aliphatic carbocycles. The van der Waals surface area contributed by atoms with Crippen LogP contribution in [-0.4, -0.2) is 55.2 Å². The summed E-state index contributed by atoms with van der Waals surface area (Å²) in [6, 6.07) is 3.95. The van der Waals surface area contributed by atoms with E-state index < -0.39 is 0 Å². The Labute approximate surface area is 184 Å². The highest BCUT2D eigenvalue weighted by Gasteiger charge is 2.36. The van der Waals surface area contributed by atoms with Gasteiger partial charge in [-0.05, 0) is 37.7 Å². The summed E-state index contributed by atoms with van der Waals surface area (Å²) < 4.78 is 11.0. The van der Waals surface area contributed by atoms with Gasteiger partial charge in [0.25, 0.3) is 0 Å². The number of ether oxygens (including phenoxy) is 2. The van der Waals surface area contributed by atoms with Crippen LogP contribution in [0.2, 0.25) is 0 Å². The Hall–Kier alpha value is -1.58. The summed E-state index contributed by atoms with van der Waals surface area (Å²) in [5, 5.41) is 3.39. The van der Waals surface area contributed by atoms with E-state index >= 15 is 0 Å². The number of nitrogens with one attached hydrogen (secondary N) is 1. The number of pyridine rings is 1. The molecule has 1 saturated carbocycles. The first-order valence-corrected chi connectivity index (χ1v) is 9.76. The van der Waals surface area contributed by atoms with Gasteiger partial charge >= 0.3 is 5.97 Å². The molecule has 1 aromatic heterocycles. The molecular formula is C20H31IN4O3. The molecule has 1 N–H and O–H groups in total. The number of hydrogen-bond donors (Lipinski definition) is 1. The minimum Gasteiger partial charge on any atom is -0.474 e. The minimum absolute atomic E-state index is 0. The zero-order valence-electron chi connectivity index (χ0n) is 16.9. The molecule has 2 heterocycles. The van der Waals surface area contributed by atoms with Gasteiger partial charge < -0.3 is 19.7 Å². The molecule has 1 saturated heterocycles. The lowest BCUT2D eigenvalue weighted by molar-refractivity contribution is -0.145. The highest BCUT2D eigenvalue weighted by Crippen LogP contribution is 2.26. The van der Waals surface area contributed by atoms with Crippen LogP contribution in [0, 0.1) is 11.8 Å². The number of esters is 1. The second kappa shape index (κ2) is 10.8. The summed E-state index contributed by atoms with van der Waals surface area (Å²) in [5.41, 5.74) is 1.02. The topological polar surface area (TPSA) is 76.1 Å². The molecule has 3 rings (SSSR count). The van der Waals surface area contributed by atoms with Gasteiger partial charge in [0, 0.05) is 38.4 Å². The van der Waals surface area contributed by atoms with E-state index in [1.807, 2.05) is 12.1 Å². The molecule has 2 aliphatic rings. The number of nitrogens with zero attached hydrogens (tertiary/aromatic N) is 3. The maximum absolute atomic E-state index is 11.9. The van der Waals surface area contributed by atoms with Gasteiger partial charge in [-0.2, -0.15) is 0 Å². The fourth-order valence-corrected chi connectivity index (χ4v) is 3.93. The first-order chi connectivity index (χ1) is 13.1. The van der Waals surface area contributed by atoms with Gasteiger partial charge in [0.15, 0.2) is 5.96 Å². The third-order valence-electron chi connectivity index (χ3n) is 5.50. The Bertz CT molecular complexity index is 679. The normalized spacial score (nSPS) is 22.7. The first-order valence-electron chi connectivity index (χ1n) is 9.76. The molecule has 1 aromatic rings. The average molecular weight is 502 g/mol. The smallest absolute Gasteiger partial charge is 0.310 e. The van der Waals surface area contributed by atoms with Crippen molar-refractivity contribution < 1.29 is 14.3 Å². The molecule has 0 aromatic carbocycles. The van der Waals surface area contributed by atoms with Crippen molar-refractivity contribution in [2.75, 3.05) is 27.2 Å². The van der Waals surface area contributed by atoms with Gasteiger partial charge in [0.2, 0.25) is 5.88 Å². The predicted octanol–water partition coefficient (Wildman–Crippen LogP) is 2.84. The van der Waals surface area contributed by atoms with Crippen LogP contribution in [0.3, 0.4) is 0 Å². The molecule has 2 atom stereocenters. The van der Waals surface area contributed by atoms with Crippen molar-refractivity contribution in [3.05, 3.63) is 23.9 Å². The summed E-state index contributed by atoms with van der Waals surface area (Å²) in [6.07, 6.45) is 6.71. The summed E-state index contributed by atoms with van der Waals surface area (Å²) in [6.45, 7) is 4.05. The number of carbonyl (C=O) groups is 1. The van der Waals surface area contributed by atoms with Crippen molar-refractivity contribution in [2.24, 2.45) is 16.8 Å². The van der Waals surface area contributed by atoms with E-state index in [9.17, 15) is 4.79 Å². The van der Waals surface area contributed by atoms with Crippen LogP contribution in [0.5, 0.6) is 5.88 Å². The number of guanidine groups is 1. The van der Waals surface area contributed by atoms with Gasteiger partial charge in [0.05, 0.1) is 13.0 Å². The summed E-state index contributed by atoms with van der Waals surface area (Å²) in [5.74, 6) is 1.45. The highest BCUT2D eigenvalue weighted by atomic mass is 127. The van der Waals surface area contributed by atoms with E-state index in [1.165, 1.54) is 20.0 Å². The molecule has 1 aliphatic heterocycles. The van der Waals surface area contributed by atoms with E-state index in [1.54, 1.807) is 13.2 Å². The fourth-order valence-electron chi connectivity index (χ4n) is 3.93. The third-order valence-corrected chi connectivity index (χ3v) is 5.50. The summed E-state index contributed by atoms with van der Waals surface area (Å²) in [7, 11) is 3.21. The van der Waals surface area contributed by atoms with Crippen molar-refractivity contribution in [1.82, 2.24) is 15.2 Å². The van der Waals surface area contributed by atoms with Crippen molar-refractivity contribution >= 4 is 35.9 Å². The van der Waals surface area contributed by atoms with Gasteiger partial charge in [-0.3, -0.25) is 9.79 Å². The minimum atomic E-state index is -0.153. The summed E-state index contributed by atoms with van der Waals surface area (Å²) in [4.78, 5) is 22.9. The lowest BCUT2D eigenvalue weighted by atomic mass is 9.99. The molecule has 2 unspecified atom stereocenters. The van der Waals surface area contributed by atoms with Gasteiger partial charge in [-0.15, -0.1) is 24.0 Å².